The quantitative estimate of drug-likeness (QED) is 0.147. The number of carbonyl (C=O) groups is 5. The Morgan fingerprint density at radius 3 is 2.32 bits per heavy atom. The summed E-state index contributed by atoms with van der Waals surface area (Å²) in [6.07, 6.45) is 8.01. The van der Waals surface area contributed by atoms with Gasteiger partial charge >= 0.3 is 6.03 Å². The van der Waals surface area contributed by atoms with E-state index in [1.807, 2.05) is 20.8 Å². The molecular formula is C38H58N6O7S2. The summed E-state index contributed by atoms with van der Waals surface area (Å²) >= 11 is 1.13. The summed E-state index contributed by atoms with van der Waals surface area (Å²) in [6.45, 7) is 14.0. The summed E-state index contributed by atoms with van der Waals surface area (Å²) in [4.78, 5) is 70.3. The van der Waals surface area contributed by atoms with Crippen molar-refractivity contribution >= 4 is 50.9 Å². The van der Waals surface area contributed by atoms with Gasteiger partial charge in [0.2, 0.25) is 17.6 Å². The van der Waals surface area contributed by atoms with Gasteiger partial charge in [0, 0.05) is 32.7 Å². The zero-order chi connectivity index (χ0) is 38.9. The molecule has 15 heteroatoms. The molecule has 13 nitrogen and oxygen atoms in total. The van der Waals surface area contributed by atoms with Crippen LogP contribution in [0.5, 0.6) is 0 Å². The topological polar surface area (TPSA) is 174 Å². The van der Waals surface area contributed by atoms with Crippen LogP contribution in [0.2, 0.25) is 0 Å². The number of carbonyl (C=O) groups excluding carboxylic acids is 5. The van der Waals surface area contributed by atoms with Crippen LogP contribution in [-0.4, -0.2) is 98.0 Å². The number of nitrogens with zero attached hydrogens (tertiary/aromatic N) is 2. The van der Waals surface area contributed by atoms with E-state index in [4.69, 9.17) is 0 Å². The lowest BCUT2D eigenvalue weighted by molar-refractivity contribution is -0.144. The molecule has 1 aromatic rings. The maximum absolute atomic E-state index is 14.7. The predicted octanol–water partition coefficient (Wildman–Crippen LogP) is 3.67. The number of nitrogens with one attached hydrogen (secondary N) is 4. The third-order valence-electron chi connectivity index (χ3n) is 11.9. The lowest BCUT2D eigenvalue weighted by atomic mass is 9.83. The number of hydrogen-bond donors (Lipinski definition) is 4. The van der Waals surface area contributed by atoms with Crippen molar-refractivity contribution in [3.05, 3.63) is 30.2 Å². The van der Waals surface area contributed by atoms with Crippen molar-refractivity contribution < 1.29 is 32.4 Å². The third-order valence-corrected chi connectivity index (χ3v) is 15.1. The molecule has 0 radical (unpaired) electrons. The number of likely N-dealkylation sites (N-methyl/N-ethyl adjacent to an activating group) is 1. The molecule has 0 aromatic carbocycles. The fourth-order valence-corrected chi connectivity index (χ4v) is 10.6. The predicted molar refractivity (Wildman–Crippen MR) is 203 cm³/mol. The Hall–Kier alpha value is -3.30. The van der Waals surface area contributed by atoms with Crippen LogP contribution < -0.4 is 21.3 Å². The van der Waals surface area contributed by atoms with Gasteiger partial charge in [0.05, 0.1) is 6.04 Å². The second-order valence-electron chi connectivity index (χ2n) is 17.1. The first-order valence-electron chi connectivity index (χ1n) is 19.0. The minimum Gasteiger partial charge on any atom is -0.346 e. The molecule has 5 rings (SSSR count). The Labute approximate surface area is 318 Å². The van der Waals surface area contributed by atoms with Crippen molar-refractivity contribution in [2.45, 2.75) is 114 Å². The summed E-state index contributed by atoms with van der Waals surface area (Å²) in [5.41, 5.74) is -0.737. The third kappa shape index (κ3) is 9.33. The first kappa shape index (κ1) is 40.9. The van der Waals surface area contributed by atoms with Crippen molar-refractivity contribution in [1.82, 2.24) is 30.5 Å². The molecule has 1 saturated heterocycles. The lowest BCUT2D eigenvalue weighted by Gasteiger charge is -2.38. The lowest BCUT2D eigenvalue weighted by Crippen LogP contribution is -2.61. The average Bonchev–Trinajstić information content (AvgIpc) is 3.79. The van der Waals surface area contributed by atoms with Gasteiger partial charge in [-0.05, 0) is 65.2 Å². The number of hydrogen-bond acceptors (Lipinski definition) is 8. The van der Waals surface area contributed by atoms with E-state index in [0.29, 0.717) is 13.0 Å². The molecule has 6 atom stereocenters. The zero-order valence-electron chi connectivity index (χ0n) is 32.0. The van der Waals surface area contributed by atoms with Crippen molar-refractivity contribution in [2.75, 3.05) is 26.7 Å². The van der Waals surface area contributed by atoms with E-state index < -0.39 is 63.2 Å². The van der Waals surface area contributed by atoms with Gasteiger partial charge in [-0.2, -0.15) is 4.31 Å². The monoisotopic (exact) mass is 774 g/mol. The molecule has 4 aliphatic rings. The first-order chi connectivity index (χ1) is 24.9. The first-order valence-corrected chi connectivity index (χ1v) is 21.3. The standard InChI is InChI=1S/C38H58N6O7S2/c1-8-18-39-34(47)32(45)26(20-23-16-17-23)40-33(46)31-29-25(38(29,5)6)21-44(31)35(48)30(24-13-10-9-11-14-24)42-36(49)41-27(37(2,3)4)22-43(7)53(50,51)28-15-12-19-52-28/h8,12,15,19,23-27,29-31H,1,9-11,13-14,16-18,20-22H2,2-7H3,(H,39,47)(H,40,46)(H2,41,42,49)/t25-,26?,27+,29-,30-,31-/m0/s1. The van der Waals surface area contributed by atoms with Gasteiger partial charge in [0.15, 0.2) is 0 Å². The summed E-state index contributed by atoms with van der Waals surface area (Å²) in [7, 11) is -2.28. The van der Waals surface area contributed by atoms with Crippen molar-refractivity contribution in [3.63, 3.8) is 0 Å². The minimum atomic E-state index is -3.77. The average molecular weight is 775 g/mol. The van der Waals surface area contributed by atoms with E-state index in [1.165, 1.54) is 17.4 Å². The molecule has 1 aromatic heterocycles. The smallest absolute Gasteiger partial charge is 0.315 e. The second-order valence-corrected chi connectivity index (χ2v) is 20.3. The summed E-state index contributed by atoms with van der Waals surface area (Å²) in [5.74, 6) is -2.26. The van der Waals surface area contributed by atoms with Gasteiger partial charge < -0.3 is 26.2 Å². The molecule has 3 saturated carbocycles. The van der Waals surface area contributed by atoms with Gasteiger partial charge in [-0.15, -0.1) is 17.9 Å². The summed E-state index contributed by atoms with van der Waals surface area (Å²) in [5, 5.41) is 13.1. The Morgan fingerprint density at radius 1 is 1.06 bits per heavy atom. The van der Waals surface area contributed by atoms with Crippen LogP contribution in [0.25, 0.3) is 0 Å². The van der Waals surface area contributed by atoms with Crippen LogP contribution in [0.4, 0.5) is 4.79 Å². The summed E-state index contributed by atoms with van der Waals surface area (Å²) in [6, 6.07) is -0.736. The van der Waals surface area contributed by atoms with Crippen molar-refractivity contribution in [2.24, 2.45) is 34.5 Å². The number of Topliss-reactive ketones (excluding diaryl/α,β-unsaturated/α-hetero) is 1. The van der Waals surface area contributed by atoms with E-state index in [-0.39, 0.29) is 52.3 Å². The number of thiophene rings is 1. The highest BCUT2D eigenvalue weighted by Gasteiger charge is 2.69. The van der Waals surface area contributed by atoms with Crippen LogP contribution in [0.1, 0.15) is 86.0 Å². The molecule has 53 heavy (non-hydrogen) atoms. The number of likely N-dealkylation sites (tertiary alicyclic amines) is 1. The number of urea groups is 1. The van der Waals surface area contributed by atoms with E-state index in [9.17, 15) is 32.4 Å². The number of rotatable bonds is 16. The number of piperidine rings is 1. The highest BCUT2D eigenvalue weighted by molar-refractivity contribution is 7.91. The molecule has 4 fully saturated rings. The highest BCUT2D eigenvalue weighted by atomic mass is 32.2. The van der Waals surface area contributed by atoms with Gasteiger partial charge in [0.25, 0.3) is 15.9 Å². The van der Waals surface area contributed by atoms with Crippen LogP contribution in [0.3, 0.4) is 0 Å². The van der Waals surface area contributed by atoms with E-state index in [2.05, 4.69) is 41.7 Å². The Kier molecular flexibility index (Phi) is 12.5. The molecule has 5 amide bonds. The zero-order valence-corrected chi connectivity index (χ0v) is 33.6. The van der Waals surface area contributed by atoms with E-state index >= 15 is 0 Å². The molecule has 294 valence electrons. The summed E-state index contributed by atoms with van der Waals surface area (Å²) < 4.78 is 27.9. The molecular weight excluding hydrogens is 717 g/mol. The molecule has 1 unspecified atom stereocenters. The van der Waals surface area contributed by atoms with Crippen molar-refractivity contribution in [1.29, 1.82) is 0 Å². The fraction of sp³-hybridized carbons (Fsp3) is 0.711. The molecule has 1 aliphatic heterocycles. The largest absolute Gasteiger partial charge is 0.346 e. The van der Waals surface area contributed by atoms with Crippen LogP contribution in [0, 0.1) is 34.5 Å². The maximum Gasteiger partial charge on any atom is 0.315 e. The SMILES string of the molecule is C=CCNC(=O)C(=O)C(CC1CC1)NC(=O)[C@@H]1[C@@H]2[C@H](CN1C(=O)[C@@H](NC(=O)N[C@H](CN(C)S(=O)(=O)c1cccs1)C(C)(C)C)C1CCCCC1)C2(C)C. The van der Waals surface area contributed by atoms with Gasteiger partial charge in [-0.3, -0.25) is 19.2 Å². The van der Waals surface area contributed by atoms with Crippen LogP contribution in [-0.2, 0) is 29.2 Å². The minimum absolute atomic E-state index is 0.0123. The number of ketones is 1. The van der Waals surface area contributed by atoms with Crippen molar-refractivity contribution in [3.8, 4) is 0 Å². The number of amides is 5. The van der Waals surface area contributed by atoms with E-state index in [0.717, 1.165) is 56.3 Å². The molecule has 4 N–H and O–H groups in total. The second kappa shape index (κ2) is 16.2. The molecule has 2 heterocycles. The van der Waals surface area contributed by atoms with Crippen LogP contribution in [0.15, 0.2) is 34.4 Å². The van der Waals surface area contributed by atoms with Gasteiger partial charge in [0.1, 0.15) is 16.3 Å². The van der Waals surface area contributed by atoms with Gasteiger partial charge in [-0.25, -0.2) is 13.2 Å². The molecule has 0 spiro atoms. The Balaban J connectivity index is 1.34. The molecule has 0 bridgehead atoms. The van der Waals surface area contributed by atoms with Gasteiger partial charge in [-0.1, -0.05) is 78.9 Å². The Morgan fingerprint density at radius 2 is 1.74 bits per heavy atom. The fourth-order valence-electron chi connectivity index (χ4n) is 8.22. The van der Waals surface area contributed by atoms with Crippen LogP contribution >= 0.6 is 11.3 Å². The maximum atomic E-state index is 14.7. The Bertz CT molecular complexity index is 1650. The highest BCUT2D eigenvalue weighted by Crippen LogP contribution is 2.65. The number of fused-ring (bicyclic) bond motifs is 1. The number of sulfonamides is 1. The molecule has 3 aliphatic carbocycles. The normalized spacial score (nSPS) is 24.4. The van der Waals surface area contributed by atoms with E-state index in [1.54, 1.807) is 22.4 Å².